The molecule has 0 aliphatic heterocycles. The Morgan fingerprint density at radius 1 is 1.14 bits per heavy atom. The van der Waals surface area contributed by atoms with Gasteiger partial charge in [-0.15, -0.1) is 0 Å². The van der Waals surface area contributed by atoms with Gasteiger partial charge in [0.25, 0.3) is 5.91 Å². The van der Waals surface area contributed by atoms with Crippen LogP contribution in [0.1, 0.15) is 19.6 Å². The maximum absolute atomic E-state index is 12.8. The number of anilines is 1. The van der Waals surface area contributed by atoms with Crippen LogP contribution >= 0.6 is 11.6 Å². The van der Waals surface area contributed by atoms with Crippen molar-refractivity contribution in [2.24, 2.45) is 0 Å². The SMILES string of the molecule is COc1cc(NC(=O)C(C)(C)Oc2ccc(Cl)cc2)ccc1-c1ccc(CO)o1. The van der Waals surface area contributed by atoms with Gasteiger partial charge in [0.1, 0.15) is 29.6 Å². The van der Waals surface area contributed by atoms with E-state index in [2.05, 4.69) is 5.32 Å². The Labute approximate surface area is 174 Å². The van der Waals surface area contributed by atoms with Crippen molar-refractivity contribution < 1.29 is 23.8 Å². The van der Waals surface area contributed by atoms with Gasteiger partial charge in [0.15, 0.2) is 5.60 Å². The van der Waals surface area contributed by atoms with Gasteiger partial charge in [-0.2, -0.15) is 0 Å². The van der Waals surface area contributed by atoms with E-state index in [1.165, 1.54) is 7.11 Å². The van der Waals surface area contributed by atoms with Gasteiger partial charge in [0.05, 0.1) is 12.7 Å². The molecule has 1 aromatic heterocycles. The molecule has 0 bridgehead atoms. The molecule has 0 aliphatic carbocycles. The van der Waals surface area contributed by atoms with E-state index in [0.29, 0.717) is 39.3 Å². The maximum Gasteiger partial charge on any atom is 0.267 e. The first-order valence-corrected chi connectivity index (χ1v) is 9.34. The smallest absolute Gasteiger partial charge is 0.267 e. The molecule has 7 heteroatoms. The summed E-state index contributed by atoms with van der Waals surface area (Å²) in [4.78, 5) is 12.8. The highest BCUT2D eigenvalue weighted by molar-refractivity contribution is 6.30. The first-order chi connectivity index (χ1) is 13.8. The molecule has 0 fully saturated rings. The van der Waals surface area contributed by atoms with Crippen LogP contribution in [0.2, 0.25) is 5.02 Å². The molecule has 2 aromatic carbocycles. The Balaban J connectivity index is 1.76. The summed E-state index contributed by atoms with van der Waals surface area (Å²) in [5.41, 5.74) is 0.149. The summed E-state index contributed by atoms with van der Waals surface area (Å²) in [5.74, 6) is 1.77. The highest BCUT2D eigenvalue weighted by Gasteiger charge is 2.30. The molecule has 0 aliphatic rings. The Morgan fingerprint density at radius 3 is 2.48 bits per heavy atom. The van der Waals surface area contributed by atoms with Gasteiger partial charge in [0.2, 0.25) is 0 Å². The molecule has 152 valence electrons. The van der Waals surface area contributed by atoms with Crippen LogP contribution in [0, 0.1) is 0 Å². The molecule has 3 aromatic rings. The monoisotopic (exact) mass is 415 g/mol. The van der Waals surface area contributed by atoms with Crippen molar-refractivity contribution in [2.75, 3.05) is 12.4 Å². The first-order valence-electron chi connectivity index (χ1n) is 8.96. The van der Waals surface area contributed by atoms with E-state index in [1.54, 1.807) is 68.4 Å². The van der Waals surface area contributed by atoms with Gasteiger partial charge in [-0.1, -0.05) is 11.6 Å². The number of hydrogen-bond donors (Lipinski definition) is 2. The highest BCUT2D eigenvalue weighted by atomic mass is 35.5. The molecule has 0 saturated heterocycles. The van der Waals surface area contributed by atoms with Crippen molar-refractivity contribution in [2.45, 2.75) is 26.1 Å². The van der Waals surface area contributed by atoms with Crippen molar-refractivity contribution in [3.05, 3.63) is 65.4 Å². The number of hydrogen-bond acceptors (Lipinski definition) is 5. The highest BCUT2D eigenvalue weighted by Crippen LogP contribution is 2.34. The number of carbonyl (C=O) groups excluding carboxylic acids is 1. The molecule has 3 rings (SSSR count). The van der Waals surface area contributed by atoms with Crippen LogP contribution in [-0.2, 0) is 11.4 Å². The van der Waals surface area contributed by atoms with Crippen molar-refractivity contribution >= 4 is 23.2 Å². The normalized spacial score (nSPS) is 11.2. The molecule has 0 radical (unpaired) electrons. The van der Waals surface area contributed by atoms with E-state index >= 15 is 0 Å². The number of amides is 1. The Morgan fingerprint density at radius 2 is 1.86 bits per heavy atom. The number of furan rings is 1. The van der Waals surface area contributed by atoms with Crippen LogP contribution in [-0.4, -0.2) is 23.7 Å². The minimum absolute atomic E-state index is 0.181. The standard InChI is InChI=1S/C22H22ClNO5/c1-22(2,29-16-7-4-14(23)5-8-16)21(26)24-15-6-10-18(20(12-15)27-3)19-11-9-17(13-25)28-19/h4-12,25H,13H2,1-3H3,(H,24,26). The predicted molar refractivity (Wildman–Crippen MR) is 111 cm³/mol. The van der Waals surface area contributed by atoms with E-state index in [4.69, 9.17) is 25.5 Å². The minimum atomic E-state index is -1.11. The average molecular weight is 416 g/mol. The number of carbonyl (C=O) groups is 1. The second-order valence-corrected chi connectivity index (χ2v) is 7.30. The lowest BCUT2D eigenvalue weighted by atomic mass is 10.1. The molecule has 0 spiro atoms. The molecule has 2 N–H and O–H groups in total. The van der Waals surface area contributed by atoms with E-state index in [1.807, 2.05) is 0 Å². The Kier molecular flexibility index (Phi) is 6.15. The summed E-state index contributed by atoms with van der Waals surface area (Å²) in [5, 5.41) is 12.6. The second-order valence-electron chi connectivity index (χ2n) is 6.86. The van der Waals surface area contributed by atoms with Crippen molar-refractivity contribution in [3.8, 4) is 22.8 Å². The number of ether oxygens (including phenoxy) is 2. The maximum atomic E-state index is 12.8. The molecular weight excluding hydrogens is 394 g/mol. The fourth-order valence-electron chi connectivity index (χ4n) is 2.71. The number of methoxy groups -OCH3 is 1. The summed E-state index contributed by atoms with van der Waals surface area (Å²) in [6.45, 7) is 3.18. The number of nitrogens with one attached hydrogen (secondary N) is 1. The summed E-state index contributed by atoms with van der Waals surface area (Å²) >= 11 is 5.88. The van der Waals surface area contributed by atoms with Gasteiger partial charge in [-0.25, -0.2) is 0 Å². The zero-order chi connectivity index (χ0) is 21.0. The number of rotatable bonds is 7. The largest absolute Gasteiger partial charge is 0.496 e. The molecule has 0 atom stereocenters. The van der Waals surface area contributed by atoms with Crippen LogP contribution in [0.4, 0.5) is 5.69 Å². The third kappa shape index (κ3) is 4.91. The minimum Gasteiger partial charge on any atom is -0.496 e. The van der Waals surface area contributed by atoms with Gasteiger partial charge < -0.3 is 24.3 Å². The molecule has 0 saturated carbocycles. The van der Waals surface area contributed by atoms with Gasteiger partial charge >= 0.3 is 0 Å². The molecule has 0 unspecified atom stereocenters. The molecule has 1 amide bonds. The average Bonchev–Trinajstić information content (AvgIpc) is 3.18. The predicted octanol–water partition coefficient (Wildman–Crippen LogP) is 4.90. The van der Waals surface area contributed by atoms with Crippen molar-refractivity contribution in [3.63, 3.8) is 0 Å². The zero-order valence-corrected chi connectivity index (χ0v) is 17.1. The second kappa shape index (κ2) is 8.59. The third-order valence-corrected chi connectivity index (χ3v) is 4.53. The third-order valence-electron chi connectivity index (χ3n) is 4.28. The number of aliphatic hydroxyl groups excluding tert-OH is 1. The van der Waals surface area contributed by atoms with E-state index in [0.717, 1.165) is 0 Å². The van der Waals surface area contributed by atoms with E-state index < -0.39 is 5.60 Å². The fourth-order valence-corrected chi connectivity index (χ4v) is 2.83. The van der Waals surface area contributed by atoms with Crippen LogP contribution in [0.5, 0.6) is 11.5 Å². The molecule has 29 heavy (non-hydrogen) atoms. The zero-order valence-electron chi connectivity index (χ0n) is 16.4. The van der Waals surface area contributed by atoms with E-state index in [-0.39, 0.29) is 12.5 Å². The van der Waals surface area contributed by atoms with Crippen molar-refractivity contribution in [1.29, 1.82) is 0 Å². The topological polar surface area (TPSA) is 80.9 Å². The number of benzene rings is 2. The molecule has 6 nitrogen and oxygen atoms in total. The lowest BCUT2D eigenvalue weighted by Gasteiger charge is -2.25. The van der Waals surface area contributed by atoms with Crippen molar-refractivity contribution in [1.82, 2.24) is 0 Å². The van der Waals surface area contributed by atoms with Crippen LogP contribution in [0.3, 0.4) is 0 Å². The number of halogens is 1. The summed E-state index contributed by atoms with van der Waals surface area (Å²) in [6.07, 6.45) is 0. The van der Waals surface area contributed by atoms with Crippen LogP contribution < -0.4 is 14.8 Å². The lowest BCUT2D eigenvalue weighted by molar-refractivity contribution is -0.128. The molecular formula is C22H22ClNO5. The first kappa shape index (κ1) is 20.8. The Bertz CT molecular complexity index is 995. The van der Waals surface area contributed by atoms with Gasteiger partial charge in [-0.3, -0.25) is 4.79 Å². The fraction of sp³-hybridized carbons (Fsp3) is 0.227. The lowest BCUT2D eigenvalue weighted by Crippen LogP contribution is -2.42. The summed E-state index contributed by atoms with van der Waals surface area (Å²) in [6, 6.07) is 15.5. The van der Waals surface area contributed by atoms with Crippen LogP contribution in [0.25, 0.3) is 11.3 Å². The molecule has 1 heterocycles. The Hall–Kier alpha value is -2.96. The summed E-state index contributed by atoms with van der Waals surface area (Å²) < 4.78 is 16.8. The summed E-state index contributed by atoms with van der Waals surface area (Å²) in [7, 11) is 1.54. The van der Waals surface area contributed by atoms with Gasteiger partial charge in [-0.05, 0) is 62.4 Å². The van der Waals surface area contributed by atoms with Crippen LogP contribution in [0.15, 0.2) is 59.0 Å². The van der Waals surface area contributed by atoms with Gasteiger partial charge in [0, 0.05) is 16.8 Å². The quantitative estimate of drug-likeness (QED) is 0.573. The van der Waals surface area contributed by atoms with E-state index in [9.17, 15) is 9.90 Å². The number of aliphatic hydroxyl groups is 1.